The van der Waals surface area contributed by atoms with Gasteiger partial charge in [-0.15, -0.1) is 0 Å². The summed E-state index contributed by atoms with van der Waals surface area (Å²) in [7, 11) is 3.07. The van der Waals surface area contributed by atoms with Crippen LogP contribution in [-0.4, -0.2) is 71.7 Å². The van der Waals surface area contributed by atoms with Gasteiger partial charge in [-0.25, -0.2) is 14.7 Å². The summed E-state index contributed by atoms with van der Waals surface area (Å²) in [6, 6.07) is -0.0995. The first kappa shape index (κ1) is 38.6. The predicted molar refractivity (Wildman–Crippen MR) is 151 cm³/mol. The smallest absolute Gasteiger partial charge is 0.407 e. The molecule has 0 bridgehead atoms. The van der Waals surface area contributed by atoms with Gasteiger partial charge in [-0.2, -0.15) is 0 Å². The van der Waals surface area contributed by atoms with E-state index in [1.807, 2.05) is 20.8 Å². The average molecular weight is 562 g/mol. The molecular formula is C28H55N3O8. The van der Waals surface area contributed by atoms with Crippen molar-refractivity contribution in [3.05, 3.63) is 0 Å². The first-order valence-corrected chi connectivity index (χ1v) is 13.0. The van der Waals surface area contributed by atoms with E-state index in [-0.39, 0.29) is 44.7 Å². The number of hydroxylamine groups is 2. The number of rotatable bonds is 5. The molecule has 2 saturated carbocycles. The highest BCUT2D eigenvalue weighted by Crippen LogP contribution is 2.26. The molecule has 0 saturated heterocycles. The van der Waals surface area contributed by atoms with Crippen LogP contribution in [0.1, 0.15) is 108 Å². The number of carboxylic acid groups (broad SMARTS) is 1. The highest BCUT2D eigenvalue weighted by atomic mass is 16.7. The van der Waals surface area contributed by atoms with E-state index in [1.165, 1.54) is 12.2 Å². The van der Waals surface area contributed by atoms with E-state index in [9.17, 15) is 19.2 Å². The Balaban J connectivity index is 0. The lowest BCUT2D eigenvalue weighted by Crippen LogP contribution is -2.44. The Labute approximate surface area is 235 Å². The molecule has 0 aromatic carbocycles. The van der Waals surface area contributed by atoms with Gasteiger partial charge in [0.15, 0.2) is 0 Å². The molecule has 2 rings (SSSR count). The van der Waals surface area contributed by atoms with Crippen LogP contribution in [0.4, 0.5) is 9.59 Å². The number of carbonyl (C=O) groups excluding carboxylic acids is 3. The molecule has 0 radical (unpaired) electrons. The zero-order valence-electron chi connectivity index (χ0n) is 23.7. The third kappa shape index (κ3) is 16.2. The Bertz CT molecular complexity index is 776. The fourth-order valence-electron chi connectivity index (χ4n) is 4.39. The van der Waals surface area contributed by atoms with Crippen LogP contribution in [0.15, 0.2) is 0 Å². The largest absolute Gasteiger partial charge is 0.481 e. The van der Waals surface area contributed by atoms with E-state index < -0.39 is 29.4 Å². The molecule has 11 heteroatoms. The van der Waals surface area contributed by atoms with Crippen molar-refractivity contribution in [2.24, 2.45) is 11.8 Å². The lowest BCUT2D eigenvalue weighted by Gasteiger charge is -2.31. The van der Waals surface area contributed by atoms with Crippen LogP contribution in [0, 0.1) is 11.8 Å². The van der Waals surface area contributed by atoms with Gasteiger partial charge in [0.1, 0.15) is 11.2 Å². The standard InChI is InChI=1S/C14H26N2O4.C12H21NO4.2CH4/c1-14(2,3)20-13(18)15-11-8-6-7-10(9-11)12(17)16(4)19-5;1-12(2,3)17-11(16)13-9-6-4-5-8(7-9)10(14)15;;/h10-11H,6-9H2,1-5H3,(H,15,18);8-9H,4-7H2,1-3H3,(H,13,16)(H,14,15);2*1H4/t10-,11+;8-,9+;;/m11../s1. The minimum Gasteiger partial charge on any atom is -0.481 e. The highest BCUT2D eigenvalue weighted by Gasteiger charge is 2.31. The number of alkyl carbamates (subject to hydrolysis) is 2. The van der Waals surface area contributed by atoms with Crippen LogP contribution < -0.4 is 10.6 Å². The molecule has 3 N–H and O–H groups in total. The summed E-state index contributed by atoms with van der Waals surface area (Å²) in [5.41, 5.74) is -1.03. The maximum Gasteiger partial charge on any atom is 0.407 e. The predicted octanol–water partition coefficient (Wildman–Crippen LogP) is 5.52. The van der Waals surface area contributed by atoms with E-state index in [4.69, 9.17) is 19.4 Å². The number of ether oxygens (including phenoxy) is 2. The van der Waals surface area contributed by atoms with Crippen molar-refractivity contribution in [3.63, 3.8) is 0 Å². The highest BCUT2D eigenvalue weighted by molar-refractivity contribution is 5.78. The molecule has 0 aliphatic heterocycles. The summed E-state index contributed by atoms with van der Waals surface area (Å²) in [6.45, 7) is 10.9. The topological polar surface area (TPSA) is 143 Å². The Morgan fingerprint density at radius 2 is 1.13 bits per heavy atom. The minimum atomic E-state index is -0.777. The van der Waals surface area contributed by atoms with Gasteiger partial charge in [-0.3, -0.25) is 14.4 Å². The Morgan fingerprint density at radius 3 is 1.49 bits per heavy atom. The average Bonchev–Trinajstić information content (AvgIpc) is 2.76. The molecule has 0 unspecified atom stereocenters. The van der Waals surface area contributed by atoms with Crippen molar-refractivity contribution in [2.45, 2.75) is 131 Å². The Morgan fingerprint density at radius 1 is 0.744 bits per heavy atom. The van der Waals surface area contributed by atoms with Gasteiger partial charge in [0.2, 0.25) is 5.91 Å². The van der Waals surface area contributed by atoms with Crippen molar-refractivity contribution < 1.29 is 38.6 Å². The molecule has 11 nitrogen and oxygen atoms in total. The number of carbonyl (C=O) groups is 4. The molecule has 2 aliphatic rings. The summed E-state index contributed by atoms with van der Waals surface area (Å²) in [5.74, 6) is -1.26. The summed E-state index contributed by atoms with van der Waals surface area (Å²) >= 11 is 0. The zero-order chi connectivity index (χ0) is 28.4. The monoisotopic (exact) mass is 561 g/mol. The fraction of sp³-hybridized carbons (Fsp3) is 0.857. The minimum absolute atomic E-state index is 0. The number of hydrogen-bond acceptors (Lipinski definition) is 7. The molecule has 2 aliphatic carbocycles. The van der Waals surface area contributed by atoms with E-state index in [2.05, 4.69) is 10.6 Å². The Kier molecular flexibility index (Phi) is 17.0. The molecule has 4 atom stereocenters. The molecule has 0 aromatic heterocycles. The SMILES string of the molecule is C.C.CC(C)(C)OC(=O)N[C@H]1CCC[C@@H](C(=O)O)C1.CON(C)C(=O)[C@@H]1CCC[C@H](NC(=O)OC(C)(C)C)C1. The van der Waals surface area contributed by atoms with Crippen molar-refractivity contribution in [2.75, 3.05) is 14.2 Å². The fourth-order valence-corrected chi connectivity index (χ4v) is 4.39. The summed E-state index contributed by atoms with van der Waals surface area (Å²) in [4.78, 5) is 51.1. The lowest BCUT2D eigenvalue weighted by atomic mass is 9.85. The van der Waals surface area contributed by atoms with Gasteiger partial charge < -0.3 is 25.2 Å². The molecule has 0 aromatic rings. The molecular weight excluding hydrogens is 506 g/mol. The number of nitrogens with one attached hydrogen (secondary N) is 2. The third-order valence-electron chi connectivity index (χ3n) is 6.07. The van der Waals surface area contributed by atoms with Crippen LogP contribution in [0.5, 0.6) is 0 Å². The Hall–Kier alpha value is -2.56. The normalized spacial score (nSPS) is 22.8. The third-order valence-corrected chi connectivity index (χ3v) is 6.07. The number of aliphatic carboxylic acids is 1. The van der Waals surface area contributed by atoms with E-state index in [0.717, 1.165) is 32.1 Å². The van der Waals surface area contributed by atoms with Crippen LogP contribution >= 0.6 is 0 Å². The van der Waals surface area contributed by atoms with Crippen molar-refractivity contribution >= 4 is 24.1 Å². The van der Waals surface area contributed by atoms with Gasteiger partial charge in [0.05, 0.1) is 13.0 Å². The second-order valence-electron chi connectivity index (χ2n) is 11.8. The van der Waals surface area contributed by atoms with Gasteiger partial charge >= 0.3 is 18.2 Å². The van der Waals surface area contributed by atoms with E-state index >= 15 is 0 Å². The second kappa shape index (κ2) is 17.2. The number of hydrogen-bond donors (Lipinski definition) is 3. The van der Waals surface area contributed by atoms with Gasteiger partial charge in [-0.1, -0.05) is 27.7 Å². The zero-order valence-corrected chi connectivity index (χ0v) is 23.7. The molecule has 2 fully saturated rings. The van der Waals surface area contributed by atoms with Gasteiger partial charge in [-0.05, 0) is 80.1 Å². The van der Waals surface area contributed by atoms with Crippen LogP contribution in [0.2, 0.25) is 0 Å². The molecule has 39 heavy (non-hydrogen) atoms. The summed E-state index contributed by atoms with van der Waals surface area (Å²) < 4.78 is 10.4. The van der Waals surface area contributed by atoms with Crippen LogP contribution in [0.25, 0.3) is 0 Å². The molecule has 3 amide bonds. The van der Waals surface area contributed by atoms with Crippen molar-refractivity contribution in [3.8, 4) is 0 Å². The number of amides is 3. The van der Waals surface area contributed by atoms with E-state index in [1.54, 1.807) is 27.8 Å². The molecule has 0 spiro atoms. The van der Waals surface area contributed by atoms with Gasteiger partial charge in [0.25, 0.3) is 0 Å². The summed E-state index contributed by atoms with van der Waals surface area (Å²) in [6.07, 6.45) is 5.21. The molecule has 0 heterocycles. The maximum absolute atomic E-state index is 12.0. The van der Waals surface area contributed by atoms with Crippen LogP contribution in [-0.2, 0) is 23.9 Å². The van der Waals surface area contributed by atoms with E-state index in [0.29, 0.717) is 19.3 Å². The molecule has 230 valence electrons. The summed E-state index contributed by atoms with van der Waals surface area (Å²) in [5, 5.41) is 15.8. The first-order chi connectivity index (χ1) is 17.0. The number of nitrogens with zero attached hydrogens (tertiary/aromatic N) is 1. The number of carboxylic acids is 1. The van der Waals surface area contributed by atoms with Crippen LogP contribution in [0.3, 0.4) is 0 Å². The van der Waals surface area contributed by atoms with Crippen molar-refractivity contribution in [1.82, 2.24) is 15.7 Å². The van der Waals surface area contributed by atoms with Crippen molar-refractivity contribution in [1.29, 1.82) is 0 Å². The quantitative estimate of drug-likeness (QED) is 0.373. The second-order valence-corrected chi connectivity index (χ2v) is 11.8. The first-order valence-electron chi connectivity index (χ1n) is 13.0. The lowest BCUT2D eigenvalue weighted by molar-refractivity contribution is -0.174. The maximum atomic E-state index is 12.0. The van der Waals surface area contributed by atoms with Gasteiger partial charge in [0, 0.05) is 25.0 Å².